The highest BCUT2D eigenvalue weighted by Crippen LogP contribution is 2.37. The predicted octanol–water partition coefficient (Wildman–Crippen LogP) is 5.57. The van der Waals surface area contributed by atoms with E-state index in [9.17, 15) is 22.8 Å². The summed E-state index contributed by atoms with van der Waals surface area (Å²) in [6.07, 6.45) is -2.96. The number of likely N-dealkylation sites (N-methyl/N-ethyl adjacent to an activating group) is 1. The van der Waals surface area contributed by atoms with Crippen molar-refractivity contribution in [1.82, 2.24) is 4.90 Å². The van der Waals surface area contributed by atoms with Crippen molar-refractivity contribution in [3.05, 3.63) is 89.0 Å². The number of benzene rings is 3. The van der Waals surface area contributed by atoms with E-state index in [1.54, 1.807) is 24.9 Å². The molecule has 0 bridgehead atoms. The van der Waals surface area contributed by atoms with Crippen LogP contribution in [0.2, 0.25) is 0 Å². The summed E-state index contributed by atoms with van der Waals surface area (Å²) < 4.78 is 39.9. The SMILES string of the molecule is CC(=O)N(C)C1Cc2ccc(NC(=O)c3ccc(-c4ccccc4C(F)(F)F)cc3)cc2C1. The summed E-state index contributed by atoms with van der Waals surface area (Å²) in [7, 11) is 1.79. The lowest BCUT2D eigenvalue weighted by Crippen LogP contribution is -2.35. The Labute approximate surface area is 190 Å². The Hall–Kier alpha value is -3.61. The molecule has 4 rings (SSSR count). The number of nitrogens with zero attached hydrogens (tertiary/aromatic N) is 1. The Morgan fingerprint density at radius 1 is 0.939 bits per heavy atom. The molecule has 1 N–H and O–H groups in total. The number of alkyl halides is 3. The third kappa shape index (κ3) is 4.77. The molecule has 1 unspecified atom stereocenters. The van der Waals surface area contributed by atoms with Crippen LogP contribution >= 0.6 is 0 Å². The van der Waals surface area contributed by atoms with Crippen molar-refractivity contribution in [3.63, 3.8) is 0 Å². The summed E-state index contributed by atoms with van der Waals surface area (Å²) in [5, 5.41) is 2.85. The quantitative estimate of drug-likeness (QED) is 0.563. The van der Waals surface area contributed by atoms with E-state index in [0.717, 1.165) is 30.0 Å². The zero-order chi connectivity index (χ0) is 23.8. The summed E-state index contributed by atoms with van der Waals surface area (Å²) in [5.41, 5.74) is 2.96. The van der Waals surface area contributed by atoms with E-state index in [0.29, 0.717) is 16.8 Å². The number of hydrogen-bond donors (Lipinski definition) is 1. The van der Waals surface area contributed by atoms with Crippen LogP contribution in [-0.4, -0.2) is 29.8 Å². The van der Waals surface area contributed by atoms with Gasteiger partial charge in [0.25, 0.3) is 5.91 Å². The Morgan fingerprint density at radius 2 is 1.61 bits per heavy atom. The van der Waals surface area contributed by atoms with Crippen LogP contribution in [0.3, 0.4) is 0 Å². The molecule has 2 amide bonds. The first-order chi connectivity index (χ1) is 15.6. The van der Waals surface area contributed by atoms with Crippen LogP contribution in [0, 0.1) is 0 Å². The topological polar surface area (TPSA) is 49.4 Å². The van der Waals surface area contributed by atoms with Gasteiger partial charge in [0.1, 0.15) is 0 Å². The maximum absolute atomic E-state index is 13.3. The van der Waals surface area contributed by atoms with Gasteiger partial charge >= 0.3 is 6.18 Å². The predicted molar refractivity (Wildman–Crippen MR) is 121 cm³/mol. The van der Waals surface area contributed by atoms with Crippen LogP contribution < -0.4 is 5.32 Å². The summed E-state index contributed by atoms with van der Waals surface area (Å²) in [6, 6.07) is 17.2. The lowest BCUT2D eigenvalue weighted by Gasteiger charge is -2.22. The lowest BCUT2D eigenvalue weighted by molar-refractivity contribution is -0.137. The second-order valence-electron chi connectivity index (χ2n) is 8.25. The standard InChI is InChI=1S/C26H23F3N2O2/c1-16(32)31(2)22-14-19-11-12-21(13-20(19)15-22)30-25(33)18-9-7-17(8-10-18)23-5-3-4-6-24(23)26(27,28)29/h3-13,22H,14-15H2,1-2H3,(H,30,33). The van der Waals surface area contributed by atoms with Gasteiger partial charge < -0.3 is 10.2 Å². The van der Waals surface area contributed by atoms with Gasteiger partial charge in [-0.15, -0.1) is 0 Å². The molecule has 0 aliphatic heterocycles. The zero-order valence-corrected chi connectivity index (χ0v) is 18.2. The maximum Gasteiger partial charge on any atom is 0.417 e. The van der Waals surface area contributed by atoms with Gasteiger partial charge in [-0.25, -0.2) is 0 Å². The minimum atomic E-state index is -4.46. The zero-order valence-electron chi connectivity index (χ0n) is 18.2. The Balaban J connectivity index is 1.48. The molecule has 0 aromatic heterocycles. The van der Waals surface area contributed by atoms with Crippen LogP contribution in [0.15, 0.2) is 66.7 Å². The van der Waals surface area contributed by atoms with E-state index in [1.165, 1.54) is 36.4 Å². The lowest BCUT2D eigenvalue weighted by atomic mass is 9.98. The summed E-state index contributed by atoms with van der Waals surface area (Å²) in [5.74, 6) is -0.330. The number of rotatable bonds is 4. The molecule has 0 saturated heterocycles. The maximum atomic E-state index is 13.3. The van der Waals surface area contributed by atoms with E-state index in [-0.39, 0.29) is 23.4 Å². The van der Waals surface area contributed by atoms with Crippen molar-refractivity contribution in [2.24, 2.45) is 0 Å². The molecule has 170 valence electrons. The fourth-order valence-electron chi connectivity index (χ4n) is 4.19. The van der Waals surface area contributed by atoms with Gasteiger partial charge in [0, 0.05) is 31.3 Å². The van der Waals surface area contributed by atoms with Gasteiger partial charge in [-0.3, -0.25) is 9.59 Å². The van der Waals surface area contributed by atoms with Crippen LogP contribution in [0.1, 0.15) is 34.0 Å². The number of nitrogens with one attached hydrogen (secondary N) is 1. The van der Waals surface area contributed by atoms with Gasteiger partial charge in [0.2, 0.25) is 5.91 Å². The minimum Gasteiger partial charge on any atom is -0.342 e. The minimum absolute atomic E-state index is 0.0163. The molecule has 3 aromatic carbocycles. The molecule has 0 saturated carbocycles. The average Bonchev–Trinajstić information content (AvgIpc) is 3.21. The Kier molecular flexibility index (Phi) is 5.97. The van der Waals surface area contributed by atoms with Crippen LogP contribution in [0.5, 0.6) is 0 Å². The van der Waals surface area contributed by atoms with Crippen LogP contribution in [-0.2, 0) is 23.8 Å². The first kappa shape index (κ1) is 22.6. The normalized spacial score (nSPS) is 15.1. The number of carbonyl (C=O) groups is 2. The largest absolute Gasteiger partial charge is 0.417 e. The molecule has 1 atom stereocenters. The van der Waals surface area contributed by atoms with E-state index in [1.807, 2.05) is 18.2 Å². The molecule has 0 spiro atoms. The van der Waals surface area contributed by atoms with Crippen molar-refractivity contribution < 1.29 is 22.8 Å². The Bertz CT molecular complexity index is 1200. The van der Waals surface area contributed by atoms with Crippen molar-refractivity contribution in [1.29, 1.82) is 0 Å². The molecule has 1 aliphatic rings. The monoisotopic (exact) mass is 452 g/mol. The fraction of sp³-hybridized carbons (Fsp3) is 0.231. The second-order valence-corrected chi connectivity index (χ2v) is 8.25. The molecular weight excluding hydrogens is 429 g/mol. The van der Waals surface area contributed by atoms with Gasteiger partial charge in [-0.2, -0.15) is 13.2 Å². The Morgan fingerprint density at radius 3 is 2.27 bits per heavy atom. The van der Waals surface area contributed by atoms with Gasteiger partial charge in [-0.05, 0) is 65.4 Å². The summed E-state index contributed by atoms with van der Waals surface area (Å²) in [4.78, 5) is 26.1. The summed E-state index contributed by atoms with van der Waals surface area (Å²) in [6.45, 7) is 1.54. The van der Waals surface area contributed by atoms with Gasteiger partial charge in [0.15, 0.2) is 0 Å². The molecular formula is C26H23F3N2O2. The first-order valence-corrected chi connectivity index (χ1v) is 10.6. The molecule has 4 nitrogen and oxygen atoms in total. The highest BCUT2D eigenvalue weighted by Gasteiger charge is 2.33. The molecule has 0 fully saturated rings. The molecule has 0 heterocycles. The average molecular weight is 452 g/mol. The van der Waals surface area contributed by atoms with Crippen molar-refractivity contribution in [2.45, 2.75) is 32.0 Å². The smallest absolute Gasteiger partial charge is 0.342 e. The molecule has 1 aliphatic carbocycles. The second kappa shape index (κ2) is 8.73. The van der Waals surface area contributed by atoms with Crippen LogP contribution in [0.25, 0.3) is 11.1 Å². The number of anilines is 1. The van der Waals surface area contributed by atoms with E-state index < -0.39 is 11.7 Å². The van der Waals surface area contributed by atoms with E-state index >= 15 is 0 Å². The first-order valence-electron chi connectivity index (χ1n) is 10.6. The highest BCUT2D eigenvalue weighted by atomic mass is 19.4. The molecule has 7 heteroatoms. The molecule has 33 heavy (non-hydrogen) atoms. The van der Waals surface area contributed by atoms with Crippen LogP contribution in [0.4, 0.5) is 18.9 Å². The number of amides is 2. The van der Waals surface area contributed by atoms with Gasteiger partial charge in [0.05, 0.1) is 5.56 Å². The number of fused-ring (bicyclic) bond motifs is 1. The van der Waals surface area contributed by atoms with Gasteiger partial charge in [-0.1, -0.05) is 36.4 Å². The van der Waals surface area contributed by atoms with Crippen molar-refractivity contribution in [2.75, 3.05) is 12.4 Å². The third-order valence-corrected chi connectivity index (χ3v) is 6.11. The van der Waals surface area contributed by atoms with Crippen molar-refractivity contribution in [3.8, 4) is 11.1 Å². The number of hydrogen-bond acceptors (Lipinski definition) is 2. The molecule has 3 aromatic rings. The number of carbonyl (C=O) groups excluding carboxylic acids is 2. The number of halogens is 3. The van der Waals surface area contributed by atoms with Crippen molar-refractivity contribution >= 4 is 17.5 Å². The van der Waals surface area contributed by atoms with E-state index in [4.69, 9.17) is 0 Å². The van der Waals surface area contributed by atoms with E-state index in [2.05, 4.69) is 5.32 Å². The summed E-state index contributed by atoms with van der Waals surface area (Å²) >= 11 is 0. The molecule has 0 radical (unpaired) electrons. The highest BCUT2D eigenvalue weighted by molar-refractivity contribution is 6.04. The third-order valence-electron chi connectivity index (χ3n) is 6.11. The fourth-order valence-corrected chi connectivity index (χ4v) is 4.19.